The molecule has 1 heteroatoms. The second-order valence-electron chi connectivity index (χ2n) is 4.46. The SMILES string of the molecule is CC(C1=CC=CC1)[Si](C)(C)C. The molecule has 1 aliphatic carbocycles. The molecule has 0 aromatic heterocycles. The van der Waals surface area contributed by atoms with Gasteiger partial charge < -0.3 is 0 Å². The van der Waals surface area contributed by atoms with Crippen molar-refractivity contribution in [2.75, 3.05) is 0 Å². The van der Waals surface area contributed by atoms with Crippen LogP contribution in [-0.2, 0) is 0 Å². The second-order valence-corrected chi connectivity index (χ2v) is 10.1. The van der Waals surface area contributed by atoms with E-state index in [1.165, 1.54) is 6.42 Å². The molecule has 1 aliphatic rings. The first kappa shape index (κ1) is 8.79. The van der Waals surface area contributed by atoms with Gasteiger partial charge in [0, 0.05) is 0 Å². The molecule has 62 valence electrons. The van der Waals surface area contributed by atoms with Gasteiger partial charge in [0.2, 0.25) is 0 Å². The zero-order valence-electron chi connectivity index (χ0n) is 8.02. The molecule has 0 bridgehead atoms. The summed E-state index contributed by atoms with van der Waals surface area (Å²) in [5.41, 5.74) is 2.49. The molecule has 0 saturated carbocycles. The third-order valence-electron chi connectivity index (χ3n) is 2.66. The second kappa shape index (κ2) is 2.98. The van der Waals surface area contributed by atoms with E-state index < -0.39 is 8.07 Å². The van der Waals surface area contributed by atoms with Crippen molar-refractivity contribution in [1.82, 2.24) is 0 Å². The summed E-state index contributed by atoms with van der Waals surface area (Å²) in [6.45, 7) is 9.70. The third-order valence-corrected chi connectivity index (χ3v) is 5.62. The van der Waals surface area contributed by atoms with Gasteiger partial charge in [0.1, 0.15) is 0 Å². The van der Waals surface area contributed by atoms with E-state index in [-0.39, 0.29) is 0 Å². The first-order valence-electron chi connectivity index (χ1n) is 4.37. The molecule has 1 unspecified atom stereocenters. The summed E-state index contributed by atoms with van der Waals surface area (Å²) in [6, 6.07) is 0. The van der Waals surface area contributed by atoms with Crippen molar-refractivity contribution in [2.24, 2.45) is 0 Å². The average molecular weight is 166 g/mol. The van der Waals surface area contributed by atoms with Crippen LogP contribution in [0.25, 0.3) is 0 Å². The number of allylic oxidation sites excluding steroid dienone is 4. The van der Waals surface area contributed by atoms with Crippen LogP contribution in [0.2, 0.25) is 25.2 Å². The Labute approximate surface area is 71.0 Å². The molecule has 11 heavy (non-hydrogen) atoms. The predicted molar refractivity (Wildman–Crippen MR) is 54.6 cm³/mol. The van der Waals surface area contributed by atoms with Crippen molar-refractivity contribution in [1.29, 1.82) is 0 Å². The first-order valence-corrected chi connectivity index (χ1v) is 7.95. The lowest BCUT2D eigenvalue weighted by atomic mass is 10.2. The molecular weight excluding hydrogens is 148 g/mol. The van der Waals surface area contributed by atoms with E-state index in [9.17, 15) is 0 Å². The van der Waals surface area contributed by atoms with Crippen molar-refractivity contribution in [3.8, 4) is 0 Å². The van der Waals surface area contributed by atoms with Crippen molar-refractivity contribution in [3.05, 3.63) is 23.8 Å². The van der Waals surface area contributed by atoms with Gasteiger partial charge in [-0.3, -0.25) is 0 Å². The Kier molecular flexibility index (Phi) is 2.38. The minimum Gasteiger partial charge on any atom is -0.0805 e. The van der Waals surface area contributed by atoms with E-state index in [0.717, 1.165) is 5.54 Å². The lowest BCUT2D eigenvalue weighted by molar-refractivity contribution is 0.995. The first-order chi connectivity index (χ1) is 5.02. The Morgan fingerprint density at radius 3 is 2.36 bits per heavy atom. The van der Waals surface area contributed by atoms with Crippen LogP contribution < -0.4 is 0 Å². The van der Waals surface area contributed by atoms with E-state index in [1.54, 1.807) is 5.57 Å². The summed E-state index contributed by atoms with van der Waals surface area (Å²) in [5, 5.41) is 0. The Balaban J connectivity index is 2.62. The minimum absolute atomic E-state index is 0.845. The Bertz CT molecular complexity index is 193. The van der Waals surface area contributed by atoms with Crippen LogP contribution in [0.15, 0.2) is 23.8 Å². The lowest BCUT2D eigenvalue weighted by Gasteiger charge is -2.26. The maximum Gasteiger partial charge on any atom is 0.0513 e. The highest BCUT2D eigenvalue weighted by atomic mass is 28.3. The third kappa shape index (κ3) is 2.06. The fourth-order valence-electron chi connectivity index (χ4n) is 1.34. The number of hydrogen-bond acceptors (Lipinski definition) is 0. The van der Waals surface area contributed by atoms with Crippen molar-refractivity contribution in [2.45, 2.75) is 38.5 Å². The molecule has 0 radical (unpaired) electrons. The summed E-state index contributed by atoms with van der Waals surface area (Å²) >= 11 is 0. The maximum atomic E-state index is 2.44. The quantitative estimate of drug-likeness (QED) is 0.550. The van der Waals surface area contributed by atoms with Gasteiger partial charge >= 0.3 is 0 Å². The molecule has 0 aliphatic heterocycles. The molecular formula is C10H18Si. The monoisotopic (exact) mass is 166 g/mol. The summed E-state index contributed by atoms with van der Waals surface area (Å²) in [7, 11) is -0.934. The molecule has 0 amide bonds. The Morgan fingerprint density at radius 1 is 1.36 bits per heavy atom. The molecule has 0 aromatic carbocycles. The van der Waals surface area contributed by atoms with Gasteiger partial charge in [-0.05, 0) is 12.0 Å². The predicted octanol–water partition coefficient (Wildman–Crippen LogP) is 3.60. The van der Waals surface area contributed by atoms with Crippen molar-refractivity contribution >= 4 is 8.07 Å². The number of hydrogen-bond donors (Lipinski definition) is 0. The molecule has 1 atom stereocenters. The molecule has 0 saturated heterocycles. The van der Waals surface area contributed by atoms with E-state index in [1.807, 2.05) is 0 Å². The Hall–Kier alpha value is -0.303. The van der Waals surface area contributed by atoms with Gasteiger partial charge in [0.25, 0.3) is 0 Å². The van der Waals surface area contributed by atoms with Gasteiger partial charge in [-0.25, -0.2) is 0 Å². The average Bonchev–Trinajstić information content (AvgIpc) is 2.34. The van der Waals surface area contributed by atoms with Crippen LogP contribution in [0.4, 0.5) is 0 Å². The molecule has 1 rings (SSSR count). The van der Waals surface area contributed by atoms with Gasteiger partial charge in [-0.15, -0.1) is 0 Å². The standard InChI is InChI=1S/C10H18Si/c1-9(11(2,3)4)10-7-5-6-8-10/h5-7,9H,8H2,1-4H3. The highest BCUT2D eigenvalue weighted by Gasteiger charge is 2.25. The topological polar surface area (TPSA) is 0 Å². The maximum absolute atomic E-state index is 2.44. The van der Waals surface area contributed by atoms with E-state index in [4.69, 9.17) is 0 Å². The molecule has 0 fully saturated rings. The van der Waals surface area contributed by atoms with Crippen LogP contribution in [0.3, 0.4) is 0 Å². The van der Waals surface area contributed by atoms with Crippen LogP contribution in [0.5, 0.6) is 0 Å². The zero-order valence-corrected chi connectivity index (χ0v) is 9.02. The molecule has 0 heterocycles. The highest BCUT2D eigenvalue weighted by molar-refractivity contribution is 6.78. The zero-order chi connectivity index (χ0) is 8.48. The molecule has 0 N–H and O–H groups in total. The summed E-state index contributed by atoms with van der Waals surface area (Å²) in [5.74, 6) is 0. The molecule has 0 nitrogen and oxygen atoms in total. The van der Waals surface area contributed by atoms with Crippen molar-refractivity contribution in [3.63, 3.8) is 0 Å². The fraction of sp³-hybridized carbons (Fsp3) is 0.600. The minimum atomic E-state index is -0.934. The Morgan fingerprint density at radius 2 is 2.00 bits per heavy atom. The molecule has 0 aromatic rings. The van der Waals surface area contributed by atoms with E-state index in [2.05, 4.69) is 44.8 Å². The van der Waals surface area contributed by atoms with E-state index >= 15 is 0 Å². The van der Waals surface area contributed by atoms with Gasteiger partial charge in [0.05, 0.1) is 8.07 Å². The highest BCUT2D eigenvalue weighted by Crippen LogP contribution is 2.33. The van der Waals surface area contributed by atoms with Crippen LogP contribution in [0, 0.1) is 0 Å². The largest absolute Gasteiger partial charge is 0.0805 e. The van der Waals surface area contributed by atoms with E-state index in [0.29, 0.717) is 0 Å². The van der Waals surface area contributed by atoms with Crippen LogP contribution in [0.1, 0.15) is 13.3 Å². The molecule has 0 spiro atoms. The summed E-state index contributed by atoms with van der Waals surface area (Å²) in [4.78, 5) is 0. The lowest BCUT2D eigenvalue weighted by Crippen LogP contribution is -2.26. The fourth-order valence-corrected chi connectivity index (χ4v) is 2.67. The smallest absolute Gasteiger partial charge is 0.0513 e. The normalized spacial score (nSPS) is 20.2. The van der Waals surface area contributed by atoms with Crippen LogP contribution >= 0.6 is 0 Å². The summed E-state index contributed by atoms with van der Waals surface area (Å²) < 4.78 is 0. The summed E-state index contributed by atoms with van der Waals surface area (Å²) in [6.07, 6.45) is 7.94. The van der Waals surface area contributed by atoms with Gasteiger partial charge in [-0.2, -0.15) is 0 Å². The van der Waals surface area contributed by atoms with Gasteiger partial charge in [-0.1, -0.05) is 50.4 Å². The van der Waals surface area contributed by atoms with Gasteiger partial charge in [0.15, 0.2) is 0 Å². The van der Waals surface area contributed by atoms with Crippen LogP contribution in [-0.4, -0.2) is 8.07 Å². The van der Waals surface area contributed by atoms with Crippen molar-refractivity contribution < 1.29 is 0 Å². The number of rotatable bonds is 2.